The van der Waals surface area contributed by atoms with E-state index < -0.39 is 0 Å². The van der Waals surface area contributed by atoms with Gasteiger partial charge < -0.3 is 9.47 Å². The molecule has 2 aliphatic rings. The Kier molecular flexibility index (Phi) is 1.80. The van der Waals surface area contributed by atoms with Gasteiger partial charge in [0.05, 0.1) is 0 Å². The van der Waals surface area contributed by atoms with Crippen LogP contribution < -0.4 is 9.47 Å². The molecule has 0 saturated carbocycles. The molecule has 0 N–H and O–H groups in total. The molecule has 0 unspecified atom stereocenters. The lowest BCUT2D eigenvalue weighted by Gasteiger charge is -2.22. The van der Waals surface area contributed by atoms with Crippen LogP contribution in [-0.2, 0) is 0 Å². The van der Waals surface area contributed by atoms with E-state index in [1.165, 1.54) is 0 Å². The average molecular weight is 236 g/mol. The third kappa shape index (κ3) is 1.32. The van der Waals surface area contributed by atoms with Gasteiger partial charge in [0, 0.05) is 0 Å². The maximum Gasteiger partial charge on any atom is 0.284 e. The van der Waals surface area contributed by atoms with Crippen LogP contribution in [0.1, 0.15) is 0 Å². The molecule has 2 aliphatic heterocycles. The zero-order valence-corrected chi connectivity index (χ0v) is 9.33. The van der Waals surface area contributed by atoms with Crippen molar-refractivity contribution in [3.05, 3.63) is 48.5 Å². The van der Waals surface area contributed by atoms with E-state index in [9.17, 15) is 0 Å². The first-order valence-corrected chi connectivity index (χ1v) is 5.62. The van der Waals surface area contributed by atoms with E-state index in [0.29, 0.717) is 23.3 Å². The molecule has 0 atom stereocenters. The molecule has 86 valence electrons. The summed E-state index contributed by atoms with van der Waals surface area (Å²) in [5, 5.41) is 0. The Bertz CT molecular complexity index is 643. The highest BCUT2D eigenvalue weighted by Crippen LogP contribution is 2.36. The van der Waals surface area contributed by atoms with Gasteiger partial charge in [0.15, 0.2) is 11.5 Å². The summed E-state index contributed by atoms with van der Waals surface area (Å²) < 4.78 is 11.4. The van der Waals surface area contributed by atoms with E-state index >= 15 is 0 Å². The lowest BCUT2D eigenvalue weighted by molar-refractivity contribution is 0.496. The first-order valence-electron chi connectivity index (χ1n) is 5.62. The first kappa shape index (κ1) is 9.41. The largest absolute Gasteiger partial charge is 0.432 e. The second kappa shape index (κ2) is 3.43. The predicted octanol–water partition coefficient (Wildman–Crippen LogP) is 3.23. The van der Waals surface area contributed by atoms with E-state index in [0.717, 1.165) is 11.4 Å². The van der Waals surface area contributed by atoms with Crippen LogP contribution in [0.25, 0.3) is 0 Å². The van der Waals surface area contributed by atoms with Crippen LogP contribution in [0.2, 0.25) is 0 Å². The van der Waals surface area contributed by atoms with Gasteiger partial charge in [-0.25, -0.2) is 9.98 Å². The smallest absolute Gasteiger partial charge is 0.284 e. The van der Waals surface area contributed by atoms with Crippen molar-refractivity contribution in [3.63, 3.8) is 0 Å². The van der Waals surface area contributed by atoms with Gasteiger partial charge >= 0.3 is 0 Å². The molecular formula is C14H8N2O2. The summed E-state index contributed by atoms with van der Waals surface area (Å²) in [7, 11) is 0. The molecule has 0 fully saturated rings. The van der Waals surface area contributed by atoms with Crippen molar-refractivity contribution < 1.29 is 9.47 Å². The zero-order valence-electron chi connectivity index (χ0n) is 9.33. The summed E-state index contributed by atoms with van der Waals surface area (Å²) in [6.45, 7) is 0. The van der Waals surface area contributed by atoms with Crippen LogP contribution in [0.15, 0.2) is 58.5 Å². The molecule has 0 radical (unpaired) electrons. The lowest BCUT2D eigenvalue weighted by atomic mass is 10.2. The van der Waals surface area contributed by atoms with Gasteiger partial charge in [-0.2, -0.15) is 0 Å². The Balaban J connectivity index is 1.88. The van der Waals surface area contributed by atoms with Crippen molar-refractivity contribution >= 4 is 23.2 Å². The number of aliphatic imine (C=N–C) groups is 2. The summed E-state index contributed by atoms with van der Waals surface area (Å²) in [5.74, 6) is 2.21. The summed E-state index contributed by atoms with van der Waals surface area (Å²) in [5.41, 5.74) is 1.51. The minimum Gasteiger partial charge on any atom is -0.432 e. The molecule has 2 heterocycles. The SMILES string of the molecule is c1ccc2c(c1)N=C1Oc3ccccc3N=C1O2. The second-order valence-corrected chi connectivity index (χ2v) is 3.97. The van der Waals surface area contributed by atoms with Crippen molar-refractivity contribution in [1.29, 1.82) is 0 Å². The fourth-order valence-corrected chi connectivity index (χ4v) is 1.93. The molecular weight excluding hydrogens is 228 g/mol. The van der Waals surface area contributed by atoms with E-state index in [2.05, 4.69) is 9.98 Å². The fraction of sp³-hybridized carbons (Fsp3) is 0. The number of fused-ring (bicyclic) bond motifs is 3. The van der Waals surface area contributed by atoms with Gasteiger partial charge in [-0.05, 0) is 24.3 Å². The molecule has 2 aromatic rings. The maximum atomic E-state index is 5.69. The normalized spacial score (nSPS) is 15.1. The van der Waals surface area contributed by atoms with Gasteiger partial charge in [-0.15, -0.1) is 0 Å². The van der Waals surface area contributed by atoms with Crippen LogP contribution in [-0.4, -0.2) is 11.8 Å². The quantitative estimate of drug-likeness (QED) is 0.704. The van der Waals surface area contributed by atoms with E-state index in [1.54, 1.807) is 0 Å². The third-order valence-corrected chi connectivity index (χ3v) is 2.77. The number of ether oxygens (including phenoxy) is 2. The third-order valence-electron chi connectivity index (χ3n) is 2.77. The Labute approximate surface area is 103 Å². The summed E-state index contributed by atoms with van der Waals surface area (Å²) >= 11 is 0. The number of nitrogens with zero attached hydrogens (tertiary/aromatic N) is 2. The number of para-hydroxylation sites is 4. The van der Waals surface area contributed by atoms with Crippen molar-refractivity contribution in [2.75, 3.05) is 0 Å². The maximum absolute atomic E-state index is 5.69. The standard InChI is InChI=1S/C14H8N2O2/c1-3-7-11-9(5-1)15-13-14(17-11)16-10-6-2-4-8-12(10)18-13/h1-8H. The molecule has 0 saturated heterocycles. The minimum atomic E-state index is 0.410. The molecule has 4 nitrogen and oxygen atoms in total. The molecule has 18 heavy (non-hydrogen) atoms. The van der Waals surface area contributed by atoms with Crippen LogP contribution >= 0.6 is 0 Å². The van der Waals surface area contributed by atoms with Crippen LogP contribution in [0.5, 0.6) is 11.5 Å². The van der Waals surface area contributed by atoms with Gasteiger partial charge in [0.25, 0.3) is 11.8 Å². The lowest BCUT2D eigenvalue weighted by Crippen LogP contribution is -2.30. The highest BCUT2D eigenvalue weighted by molar-refractivity contribution is 6.39. The summed E-state index contributed by atoms with van der Waals surface area (Å²) in [4.78, 5) is 8.81. The Morgan fingerprint density at radius 2 is 1.06 bits per heavy atom. The molecule has 0 spiro atoms. The Morgan fingerprint density at radius 1 is 0.611 bits per heavy atom. The predicted molar refractivity (Wildman–Crippen MR) is 68.3 cm³/mol. The van der Waals surface area contributed by atoms with Crippen molar-refractivity contribution in [1.82, 2.24) is 0 Å². The monoisotopic (exact) mass is 236 g/mol. The molecule has 0 bridgehead atoms. The molecule has 0 amide bonds. The number of rotatable bonds is 0. The minimum absolute atomic E-state index is 0.410. The highest BCUT2D eigenvalue weighted by Gasteiger charge is 2.27. The molecule has 2 aromatic carbocycles. The van der Waals surface area contributed by atoms with Crippen molar-refractivity contribution in [3.8, 4) is 11.5 Å². The molecule has 0 aromatic heterocycles. The summed E-state index contributed by atoms with van der Waals surface area (Å²) in [6, 6.07) is 15.1. The van der Waals surface area contributed by atoms with E-state index in [4.69, 9.17) is 9.47 Å². The van der Waals surface area contributed by atoms with Gasteiger partial charge in [-0.1, -0.05) is 24.3 Å². The average Bonchev–Trinajstić information content (AvgIpc) is 2.42. The van der Waals surface area contributed by atoms with E-state index in [-0.39, 0.29) is 0 Å². The van der Waals surface area contributed by atoms with Gasteiger partial charge in [-0.3, -0.25) is 0 Å². The Hall–Kier alpha value is -2.62. The highest BCUT2D eigenvalue weighted by atomic mass is 16.5. The van der Waals surface area contributed by atoms with Crippen molar-refractivity contribution in [2.45, 2.75) is 0 Å². The van der Waals surface area contributed by atoms with Crippen molar-refractivity contribution in [2.24, 2.45) is 9.98 Å². The first-order chi connectivity index (χ1) is 8.90. The van der Waals surface area contributed by atoms with Crippen LogP contribution in [0.4, 0.5) is 11.4 Å². The molecule has 4 rings (SSSR count). The van der Waals surface area contributed by atoms with Gasteiger partial charge in [0.1, 0.15) is 11.4 Å². The second-order valence-electron chi connectivity index (χ2n) is 3.97. The summed E-state index contributed by atoms with van der Waals surface area (Å²) in [6.07, 6.45) is 0. The molecule has 0 aliphatic carbocycles. The number of benzene rings is 2. The fourth-order valence-electron chi connectivity index (χ4n) is 1.93. The Morgan fingerprint density at radius 3 is 1.56 bits per heavy atom. The van der Waals surface area contributed by atoms with Crippen LogP contribution in [0.3, 0.4) is 0 Å². The van der Waals surface area contributed by atoms with E-state index in [1.807, 2.05) is 48.5 Å². The zero-order chi connectivity index (χ0) is 11.9. The topological polar surface area (TPSA) is 43.2 Å². The number of hydrogen-bond acceptors (Lipinski definition) is 4. The molecule has 4 heteroatoms. The number of hydrogen-bond donors (Lipinski definition) is 0. The van der Waals surface area contributed by atoms with Crippen LogP contribution in [0, 0.1) is 0 Å². The van der Waals surface area contributed by atoms with Gasteiger partial charge in [0.2, 0.25) is 0 Å².